The van der Waals surface area contributed by atoms with Crippen LogP contribution in [0, 0.1) is 5.82 Å². The van der Waals surface area contributed by atoms with Crippen LogP contribution in [0.15, 0.2) is 48.5 Å². The number of carboxylic acid groups (broad SMARTS) is 1. The average Bonchev–Trinajstić information content (AvgIpc) is 2.44. The molecule has 0 atom stereocenters. The van der Waals surface area contributed by atoms with Crippen molar-refractivity contribution >= 4 is 23.6 Å². The van der Waals surface area contributed by atoms with Crippen LogP contribution in [0.4, 0.5) is 4.39 Å². The van der Waals surface area contributed by atoms with E-state index in [1.807, 2.05) is 0 Å². The number of halogens is 2. The molecule has 0 aliphatic rings. The molecule has 0 aromatic heterocycles. The van der Waals surface area contributed by atoms with E-state index in [1.54, 1.807) is 30.3 Å². The number of carboxylic acids is 1. The first-order chi connectivity index (χ1) is 10.0. The summed E-state index contributed by atoms with van der Waals surface area (Å²) in [5, 5.41) is 9.20. The van der Waals surface area contributed by atoms with Crippen molar-refractivity contribution in [1.29, 1.82) is 0 Å². The van der Waals surface area contributed by atoms with Gasteiger partial charge in [0.2, 0.25) is 0 Å². The fourth-order valence-corrected chi connectivity index (χ4v) is 1.91. The molecule has 2 rings (SSSR count). The number of aliphatic carboxylic acids is 1. The summed E-state index contributed by atoms with van der Waals surface area (Å²) in [5.74, 6) is -0.951. The molecule has 0 spiro atoms. The van der Waals surface area contributed by atoms with E-state index in [-0.39, 0.29) is 6.61 Å². The maximum absolute atomic E-state index is 13.2. The molecule has 0 unspecified atom stereocenters. The van der Waals surface area contributed by atoms with Gasteiger partial charge < -0.3 is 9.84 Å². The van der Waals surface area contributed by atoms with Crippen LogP contribution >= 0.6 is 11.6 Å². The number of ether oxygens (including phenoxy) is 1. The molecule has 0 saturated heterocycles. The minimum absolute atomic E-state index is 0.180. The summed E-state index contributed by atoms with van der Waals surface area (Å²) in [6.45, 7) is 0.180. The predicted octanol–water partition coefficient (Wildman–Crippen LogP) is 4.16. The van der Waals surface area contributed by atoms with Crippen molar-refractivity contribution in [3.05, 3.63) is 70.5 Å². The minimum Gasteiger partial charge on any atom is -0.489 e. The van der Waals surface area contributed by atoms with E-state index in [2.05, 4.69) is 0 Å². The zero-order chi connectivity index (χ0) is 15.2. The molecular weight excluding hydrogens is 295 g/mol. The van der Waals surface area contributed by atoms with E-state index in [4.69, 9.17) is 21.4 Å². The van der Waals surface area contributed by atoms with Crippen LogP contribution in [0.2, 0.25) is 5.02 Å². The Labute approximate surface area is 126 Å². The first-order valence-electron chi connectivity index (χ1n) is 6.12. The van der Waals surface area contributed by atoms with Crippen LogP contribution < -0.4 is 4.74 Å². The highest BCUT2D eigenvalue weighted by atomic mass is 35.5. The molecule has 0 bridgehead atoms. The largest absolute Gasteiger partial charge is 0.489 e. The first kappa shape index (κ1) is 15.1. The van der Waals surface area contributed by atoms with Crippen molar-refractivity contribution in [2.24, 2.45) is 0 Å². The molecule has 1 N–H and O–H groups in total. The van der Waals surface area contributed by atoms with Gasteiger partial charge in [0.15, 0.2) is 0 Å². The summed E-state index contributed by atoms with van der Waals surface area (Å²) in [6, 6.07) is 11.0. The Bertz CT molecular complexity index is 683. The van der Waals surface area contributed by atoms with E-state index in [0.29, 0.717) is 21.9 Å². The van der Waals surface area contributed by atoms with Crippen LogP contribution in [0.3, 0.4) is 0 Å². The average molecular weight is 307 g/mol. The smallest absolute Gasteiger partial charge is 0.328 e. The fourth-order valence-electron chi connectivity index (χ4n) is 1.73. The molecule has 0 fully saturated rings. The molecule has 2 aromatic rings. The molecular formula is C16H12ClFO3. The van der Waals surface area contributed by atoms with E-state index < -0.39 is 11.8 Å². The number of hydrogen-bond donors (Lipinski definition) is 1. The lowest BCUT2D eigenvalue weighted by Crippen LogP contribution is -1.99. The summed E-state index contributed by atoms with van der Waals surface area (Å²) in [7, 11) is 0. The van der Waals surface area contributed by atoms with Gasteiger partial charge in [0.05, 0.1) is 0 Å². The molecule has 0 heterocycles. The molecule has 0 saturated carbocycles. The van der Waals surface area contributed by atoms with Crippen molar-refractivity contribution < 1.29 is 19.0 Å². The first-order valence-corrected chi connectivity index (χ1v) is 6.50. The fraction of sp³-hybridized carbons (Fsp3) is 0.0625. The summed E-state index contributed by atoms with van der Waals surface area (Å²) in [6.07, 6.45) is 2.29. The molecule has 5 heteroatoms. The van der Waals surface area contributed by atoms with Crippen LogP contribution in [0.1, 0.15) is 11.1 Å². The SMILES string of the molecule is O=C(O)C=Cc1cc(F)ccc1COc1cccc(Cl)c1. The van der Waals surface area contributed by atoms with Crippen molar-refractivity contribution in [1.82, 2.24) is 0 Å². The molecule has 2 aromatic carbocycles. The van der Waals surface area contributed by atoms with Gasteiger partial charge in [-0.1, -0.05) is 23.7 Å². The second kappa shape index (κ2) is 6.90. The van der Waals surface area contributed by atoms with Gasteiger partial charge in [-0.15, -0.1) is 0 Å². The highest BCUT2D eigenvalue weighted by Gasteiger charge is 2.04. The highest BCUT2D eigenvalue weighted by Crippen LogP contribution is 2.20. The number of carbonyl (C=O) groups is 1. The third-order valence-electron chi connectivity index (χ3n) is 2.70. The van der Waals surface area contributed by atoms with E-state index in [1.165, 1.54) is 18.2 Å². The van der Waals surface area contributed by atoms with Crippen molar-refractivity contribution in [3.8, 4) is 5.75 Å². The second-order valence-corrected chi connectivity index (χ2v) is 4.70. The summed E-state index contributed by atoms with van der Waals surface area (Å²) in [5.41, 5.74) is 1.13. The van der Waals surface area contributed by atoms with Gasteiger partial charge in [-0.25, -0.2) is 9.18 Å². The Morgan fingerprint density at radius 1 is 1.29 bits per heavy atom. The van der Waals surface area contributed by atoms with Gasteiger partial charge >= 0.3 is 5.97 Å². The van der Waals surface area contributed by atoms with Crippen molar-refractivity contribution in [3.63, 3.8) is 0 Å². The molecule has 0 aliphatic heterocycles. The topological polar surface area (TPSA) is 46.5 Å². The number of benzene rings is 2. The van der Waals surface area contributed by atoms with E-state index >= 15 is 0 Å². The number of hydrogen-bond acceptors (Lipinski definition) is 2. The van der Waals surface area contributed by atoms with Gasteiger partial charge in [-0.3, -0.25) is 0 Å². The lowest BCUT2D eigenvalue weighted by atomic mass is 10.1. The maximum atomic E-state index is 13.2. The molecule has 0 radical (unpaired) electrons. The lowest BCUT2D eigenvalue weighted by Gasteiger charge is -2.09. The van der Waals surface area contributed by atoms with Gasteiger partial charge in [0.25, 0.3) is 0 Å². The van der Waals surface area contributed by atoms with Crippen molar-refractivity contribution in [2.45, 2.75) is 6.61 Å². The Hall–Kier alpha value is -2.33. The van der Waals surface area contributed by atoms with Gasteiger partial charge in [-0.2, -0.15) is 0 Å². The maximum Gasteiger partial charge on any atom is 0.328 e. The molecule has 0 aliphatic carbocycles. The van der Waals surface area contributed by atoms with Gasteiger partial charge in [0.1, 0.15) is 18.2 Å². The zero-order valence-electron chi connectivity index (χ0n) is 10.9. The van der Waals surface area contributed by atoms with Crippen LogP contribution in [-0.2, 0) is 11.4 Å². The van der Waals surface area contributed by atoms with Gasteiger partial charge in [-0.05, 0) is 47.5 Å². The van der Waals surface area contributed by atoms with Crippen LogP contribution in [-0.4, -0.2) is 11.1 Å². The molecule has 108 valence electrons. The molecule has 21 heavy (non-hydrogen) atoms. The lowest BCUT2D eigenvalue weighted by molar-refractivity contribution is -0.131. The summed E-state index contributed by atoms with van der Waals surface area (Å²) < 4.78 is 18.8. The molecule has 0 amide bonds. The summed E-state index contributed by atoms with van der Waals surface area (Å²) >= 11 is 5.86. The Balaban J connectivity index is 2.17. The molecule has 3 nitrogen and oxygen atoms in total. The van der Waals surface area contributed by atoms with E-state index in [9.17, 15) is 9.18 Å². The Morgan fingerprint density at radius 3 is 2.81 bits per heavy atom. The highest BCUT2D eigenvalue weighted by molar-refractivity contribution is 6.30. The minimum atomic E-state index is -1.10. The van der Waals surface area contributed by atoms with E-state index in [0.717, 1.165) is 6.08 Å². The predicted molar refractivity (Wildman–Crippen MR) is 78.9 cm³/mol. The quantitative estimate of drug-likeness (QED) is 0.844. The summed E-state index contributed by atoms with van der Waals surface area (Å²) in [4.78, 5) is 10.6. The third-order valence-corrected chi connectivity index (χ3v) is 2.94. The number of rotatable bonds is 5. The monoisotopic (exact) mass is 306 g/mol. The van der Waals surface area contributed by atoms with Crippen LogP contribution in [0.5, 0.6) is 5.75 Å². The Kier molecular flexibility index (Phi) is 4.95. The van der Waals surface area contributed by atoms with Crippen LogP contribution in [0.25, 0.3) is 6.08 Å². The Morgan fingerprint density at radius 2 is 2.10 bits per heavy atom. The van der Waals surface area contributed by atoms with Gasteiger partial charge in [0, 0.05) is 11.1 Å². The second-order valence-electron chi connectivity index (χ2n) is 4.26. The zero-order valence-corrected chi connectivity index (χ0v) is 11.7. The standard InChI is InChI=1S/C16H12ClFO3/c17-13-2-1-3-15(9-13)21-10-12-4-6-14(18)8-11(12)5-7-16(19)20/h1-9H,10H2,(H,19,20). The normalized spacial score (nSPS) is 10.8. The third kappa shape index (κ3) is 4.61. The van der Waals surface area contributed by atoms with Crippen molar-refractivity contribution in [2.75, 3.05) is 0 Å².